The summed E-state index contributed by atoms with van der Waals surface area (Å²) in [5, 5.41) is 7.13. The lowest BCUT2D eigenvalue weighted by Crippen LogP contribution is -2.49. The van der Waals surface area contributed by atoms with Crippen LogP contribution in [0.5, 0.6) is 0 Å². The molecule has 0 aromatic heterocycles. The van der Waals surface area contributed by atoms with Gasteiger partial charge in [-0.2, -0.15) is 0 Å². The first kappa shape index (κ1) is 21.1. The van der Waals surface area contributed by atoms with Crippen LogP contribution in [0.25, 0.3) is 0 Å². The molecule has 28 heavy (non-hydrogen) atoms. The van der Waals surface area contributed by atoms with Gasteiger partial charge in [-0.25, -0.2) is 0 Å². The van der Waals surface area contributed by atoms with Gasteiger partial charge in [0.05, 0.1) is 6.10 Å². The molecule has 2 aliphatic rings. The number of guanidine groups is 1. The van der Waals surface area contributed by atoms with Gasteiger partial charge < -0.3 is 20.3 Å². The van der Waals surface area contributed by atoms with Crippen LogP contribution >= 0.6 is 0 Å². The monoisotopic (exact) mass is 386 g/mol. The van der Waals surface area contributed by atoms with E-state index in [1.165, 1.54) is 50.9 Å². The molecule has 2 atom stereocenters. The van der Waals surface area contributed by atoms with E-state index in [4.69, 9.17) is 9.73 Å². The van der Waals surface area contributed by atoms with Crippen LogP contribution in [0.4, 0.5) is 0 Å². The first-order chi connectivity index (χ1) is 13.8. The van der Waals surface area contributed by atoms with Crippen molar-refractivity contribution in [3.63, 3.8) is 0 Å². The van der Waals surface area contributed by atoms with Gasteiger partial charge in [0, 0.05) is 44.7 Å². The largest absolute Gasteiger partial charge is 0.373 e. The van der Waals surface area contributed by atoms with Crippen LogP contribution in [0.2, 0.25) is 0 Å². The summed E-state index contributed by atoms with van der Waals surface area (Å²) in [6.07, 6.45) is 6.11. The molecule has 2 unspecified atom stereocenters. The molecule has 156 valence electrons. The fourth-order valence-electron chi connectivity index (χ4n) is 4.38. The summed E-state index contributed by atoms with van der Waals surface area (Å²) in [5.74, 6) is 1.41. The van der Waals surface area contributed by atoms with Crippen molar-refractivity contribution in [1.29, 1.82) is 0 Å². The summed E-state index contributed by atoms with van der Waals surface area (Å²) < 4.78 is 6.14. The summed E-state index contributed by atoms with van der Waals surface area (Å²) in [7, 11) is 0. The number of aliphatic imine (C=N–C) groups is 1. The second-order valence-corrected chi connectivity index (χ2v) is 8.08. The average Bonchev–Trinajstić information content (AvgIpc) is 2.74. The highest BCUT2D eigenvalue weighted by molar-refractivity contribution is 5.80. The fourth-order valence-corrected chi connectivity index (χ4v) is 4.38. The van der Waals surface area contributed by atoms with Crippen molar-refractivity contribution in [3.8, 4) is 0 Å². The Morgan fingerprint density at radius 1 is 1.14 bits per heavy atom. The van der Waals surface area contributed by atoms with Crippen LogP contribution in [0.15, 0.2) is 35.3 Å². The molecule has 2 heterocycles. The number of hydrogen-bond donors (Lipinski definition) is 2. The predicted octanol–water partition coefficient (Wildman–Crippen LogP) is 3.58. The van der Waals surface area contributed by atoms with E-state index in [1.807, 2.05) is 0 Å². The molecule has 5 nitrogen and oxygen atoms in total. The number of hydrogen-bond acceptors (Lipinski definition) is 3. The average molecular weight is 387 g/mol. The van der Waals surface area contributed by atoms with Gasteiger partial charge in [-0.1, -0.05) is 37.3 Å². The molecular formula is C23H38N4O. The van der Waals surface area contributed by atoms with E-state index in [-0.39, 0.29) is 6.10 Å². The Morgan fingerprint density at radius 3 is 2.64 bits per heavy atom. The summed E-state index contributed by atoms with van der Waals surface area (Å²) in [5.41, 5.74) is 1.28. The van der Waals surface area contributed by atoms with Gasteiger partial charge in [0.25, 0.3) is 0 Å². The summed E-state index contributed by atoms with van der Waals surface area (Å²) >= 11 is 0. The van der Waals surface area contributed by atoms with E-state index in [0.717, 1.165) is 32.1 Å². The molecule has 1 aromatic rings. The quantitative estimate of drug-likeness (QED) is 0.555. The number of nitrogens with one attached hydrogen (secondary N) is 2. The van der Waals surface area contributed by atoms with Crippen molar-refractivity contribution in [1.82, 2.24) is 15.5 Å². The Balaban J connectivity index is 1.57. The number of benzene rings is 1. The number of nitrogens with zero attached hydrogens (tertiary/aromatic N) is 2. The smallest absolute Gasteiger partial charge is 0.191 e. The highest BCUT2D eigenvalue weighted by atomic mass is 16.5. The van der Waals surface area contributed by atoms with Crippen molar-refractivity contribution in [2.45, 2.75) is 58.1 Å². The lowest BCUT2D eigenvalue weighted by atomic mass is 9.89. The first-order valence-electron chi connectivity index (χ1n) is 11.2. The van der Waals surface area contributed by atoms with Crippen LogP contribution in [0.3, 0.4) is 0 Å². The predicted molar refractivity (Wildman–Crippen MR) is 117 cm³/mol. The second-order valence-electron chi connectivity index (χ2n) is 8.08. The SMILES string of the molecule is CCCN1CCC(NC(=NCC2CCCOC2c2ccccc2)NCC)CC1. The van der Waals surface area contributed by atoms with Gasteiger partial charge in [-0.05, 0) is 51.1 Å². The summed E-state index contributed by atoms with van der Waals surface area (Å²) in [6, 6.07) is 11.2. The first-order valence-corrected chi connectivity index (χ1v) is 11.2. The number of piperidine rings is 1. The van der Waals surface area contributed by atoms with Crippen LogP contribution in [0.1, 0.15) is 57.6 Å². The van der Waals surface area contributed by atoms with Crippen molar-refractivity contribution < 1.29 is 4.74 Å². The Hall–Kier alpha value is -1.59. The topological polar surface area (TPSA) is 48.9 Å². The van der Waals surface area contributed by atoms with Gasteiger partial charge in [0.2, 0.25) is 0 Å². The third kappa shape index (κ3) is 6.21. The minimum absolute atomic E-state index is 0.166. The minimum atomic E-state index is 0.166. The van der Waals surface area contributed by atoms with E-state index < -0.39 is 0 Å². The summed E-state index contributed by atoms with van der Waals surface area (Å²) in [6.45, 7) is 10.6. The molecule has 2 aliphatic heterocycles. The minimum Gasteiger partial charge on any atom is -0.373 e. The maximum Gasteiger partial charge on any atom is 0.191 e. The van der Waals surface area contributed by atoms with Crippen molar-refractivity contribution in [3.05, 3.63) is 35.9 Å². The van der Waals surface area contributed by atoms with Crippen LogP contribution in [0, 0.1) is 5.92 Å². The molecule has 0 amide bonds. The zero-order valence-electron chi connectivity index (χ0n) is 17.7. The fraction of sp³-hybridized carbons (Fsp3) is 0.696. The Kier molecular flexibility index (Phi) is 8.62. The molecule has 0 saturated carbocycles. The van der Waals surface area contributed by atoms with Crippen molar-refractivity contribution in [2.75, 3.05) is 39.3 Å². The van der Waals surface area contributed by atoms with E-state index >= 15 is 0 Å². The third-order valence-electron chi connectivity index (χ3n) is 5.87. The zero-order valence-corrected chi connectivity index (χ0v) is 17.7. The lowest BCUT2D eigenvalue weighted by molar-refractivity contribution is -0.0250. The summed E-state index contributed by atoms with van der Waals surface area (Å²) in [4.78, 5) is 7.54. The normalized spacial score (nSPS) is 24.9. The van der Waals surface area contributed by atoms with Gasteiger partial charge >= 0.3 is 0 Å². The zero-order chi connectivity index (χ0) is 19.6. The molecule has 0 spiro atoms. The van der Waals surface area contributed by atoms with Gasteiger partial charge in [-0.15, -0.1) is 0 Å². The highest BCUT2D eigenvalue weighted by Gasteiger charge is 2.27. The molecule has 5 heteroatoms. The third-order valence-corrected chi connectivity index (χ3v) is 5.87. The number of likely N-dealkylation sites (tertiary alicyclic amines) is 1. The molecular weight excluding hydrogens is 348 g/mol. The number of ether oxygens (including phenoxy) is 1. The van der Waals surface area contributed by atoms with E-state index in [9.17, 15) is 0 Å². The molecule has 0 radical (unpaired) electrons. The van der Waals surface area contributed by atoms with Gasteiger partial charge in [0.1, 0.15) is 0 Å². The van der Waals surface area contributed by atoms with Crippen LogP contribution < -0.4 is 10.6 Å². The molecule has 2 fully saturated rings. The van der Waals surface area contributed by atoms with Gasteiger partial charge in [-0.3, -0.25) is 4.99 Å². The van der Waals surface area contributed by atoms with Crippen molar-refractivity contribution >= 4 is 5.96 Å². The van der Waals surface area contributed by atoms with E-state index in [1.54, 1.807) is 0 Å². The standard InChI is InChI=1S/C23H38N4O/c1-3-14-27-15-12-21(13-16-27)26-23(24-4-2)25-18-20-11-8-17-28-22(20)19-9-6-5-7-10-19/h5-7,9-10,20-22H,3-4,8,11-18H2,1-2H3,(H2,24,25,26). The Labute approximate surface area is 170 Å². The number of rotatable bonds is 7. The molecule has 1 aromatic carbocycles. The molecule has 2 N–H and O–H groups in total. The van der Waals surface area contributed by atoms with E-state index in [2.05, 4.69) is 59.7 Å². The highest BCUT2D eigenvalue weighted by Crippen LogP contribution is 2.33. The second kappa shape index (κ2) is 11.4. The maximum atomic E-state index is 6.14. The molecule has 2 saturated heterocycles. The van der Waals surface area contributed by atoms with Crippen molar-refractivity contribution in [2.24, 2.45) is 10.9 Å². The Morgan fingerprint density at radius 2 is 1.93 bits per heavy atom. The lowest BCUT2D eigenvalue weighted by Gasteiger charge is -2.33. The van der Waals surface area contributed by atoms with Crippen LogP contribution in [-0.2, 0) is 4.74 Å². The van der Waals surface area contributed by atoms with Gasteiger partial charge in [0.15, 0.2) is 5.96 Å². The van der Waals surface area contributed by atoms with E-state index in [0.29, 0.717) is 12.0 Å². The van der Waals surface area contributed by atoms with Crippen LogP contribution in [-0.4, -0.2) is 56.2 Å². The molecule has 0 aliphatic carbocycles. The Bertz CT molecular complexity index is 584. The maximum absolute atomic E-state index is 6.14. The molecule has 0 bridgehead atoms. The molecule has 3 rings (SSSR count).